The van der Waals surface area contributed by atoms with E-state index in [1.54, 1.807) is 16.7 Å². The first-order valence-electron chi connectivity index (χ1n) is 14.0. The van der Waals surface area contributed by atoms with E-state index >= 15 is 0 Å². The number of hydrogen-bond acceptors (Lipinski definition) is 5. The molecule has 2 atom stereocenters. The molecular formula is C34H41NO4S. The molecule has 0 bridgehead atoms. The maximum atomic E-state index is 13.6. The molecule has 1 fully saturated rings. The van der Waals surface area contributed by atoms with Crippen LogP contribution < -0.4 is 0 Å². The first-order chi connectivity index (χ1) is 18.9. The summed E-state index contributed by atoms with van der Waals surface area (Å²) in [4.78, 5) is 28.5. The third-order valence-corrected chi connectivity index (χ3v) is 8.51. The maximum absolute atomic E-state index is 13.6. The van der Waals surface area contributed by atoms with E-state index in [4.69, 9.17) is 9.47 Å². The van der Waals surface area contributed by atoms with Gasteiger partial charge >= 0.3 is 12.1 Å². The van der Waals surface area contributed by atoms with Gasteiger partial charge in [0.25, 0.3) is 0 Å². The van der Waals surface area contributed by atoms with Crippen molar-refractivity contribution < 1.29 is 19.1 Å². The summed E-state index contributed by atoms with van der Waals surface area (Å²) in [6.07, 6.45) is 0.745. The molecule has 5 nitrogen and oxygen atoms in total. The fourth-order valence-corrected chi connectivity index (χ4v) is 6.91. The molecule has 0 radical (unpaired) electrons. The Morgan fingerprint density at radius 1 is 0.700 bits per heavy atom. The Hall–Kier alpha value is -3.25. The lowest BCUT2D eigenvalue weighted by Gasteiger charge is -2.38. The molecule has 0 aliphatic carbocycles. The second-order valence-electron chi connectivity index (χ2n) is 12.3. The zero-order valence-electron chi connectivity index (χ0n) is 24.4. The minimum absolute atomic E-state index is 0.201. The highest BCUT2D eigenvalue weighted by Gasteiger charge is 2.46. The van der Waals surface area contributed by atoms with Crippen molar-refractivity contribution in [2.24, 2.45) is 0 Å². The highest BCUT2D eigenvalue weighted by Crippen LogP contribution is 2.49. The molecule has 1 heterocycles. The van der Waals surface area contributed by atoms with Gasteiger partial charge in [0.05, 0.1) is 4.75 Å². The number of likely N-dealkylation sites (tertiary alicyclic amines) is 1. The zero-order chi connectivity index (χ0) is 29.0. The number of hydrogen-bond donors (Lipinski definition) is 0. The smallest absolute Gasteiger partial charge is 0.411 e. The monoisotopic (exact) mass is 559 g/mol. The van der Waals surface area contributed by atoms with Crippen LogP contribution in [-0.2, 0) is 19.0 Å². The highest BCUT2D eigenvalue weighted by atomic mass is 32.2. The Bertz CT molecular complexity index is 1170. The van der Waals surface area contributed by atoms with Crippen molar-refractivity contribution in [1.29, 1.82) is 0 Å². The average Bonchev–Trinajstić information content (AvgIpc) is 3.34. The van der Waals surface area contributed by atoms with E-state index < -0.39 is 28.1 Å². The number of esters is 1. The lowest BCUT2D eigenvalue weighted by molar-refractivity contribution is -0.160. The molecule has 40 heavy (non-hydrogen) atoms. The molecule has 1 amide bonds. The predicted molar refractivity (Wildman–Crippen MR) is 162 cm³/mol. The van der Waals surface area contributed by atoms with Crippen LogP contribution in [0.4, 0.5) is 4.79 Å². The summed E-state index contributed by atoms with van der Waals surface area (Å²) in [5.74, 6) is 0.225. The summed E-state index contributed by atoms with van der Waals surface area (Å²) in [5, 5.41) is 0. The van der Waals surface area contributed by atoms with E-state index in [0.717, 1.165) is 16.7 Å². The van der Waals surface area contributed by atoms with Crippen LogP contribution >= 0.6 is 11.8 Å². The molecule has 0 N–H and O–H groups in total. The van der Waals surface area contributed by atoms with E-state index in [2.05, 4.69) is 72.8 Å². The van der Waals surface area contributed by atoms with Crippen LogP contribution in [0.25, 0.3) is 0 Å². The van der Waals surface area contributed by atoms with Gasteiger partial charge in [0.1, 0.15) is 17.2 Å². The van der Waals surface area contributed by atoms with Gasteiger partial charge in [-0.1, -0.05) is 91.0 Å². The number of carbonyl (C=O) groups excluding carboxylic acids is 2. The molecule has 1 saturated heterocycles. The second-order valence-corrected chi connectivity index (χ2v) is 13.5. The number of ether oxygens (including phenoxy) is 2. The van der Waals surface area contributed by atoms with Crippen molar-refractivity contribution in [3.8, 4) is 0 Å². The third-order valence-electron chi connectivity index (χ3n) is 6.82. The predicted octanol–water partition coefficient (Wildman–Crippen LogP) is 7.82. The molecule has 0 saturated carbocycles. The zero-order valence-corrected chi connectivity index (χ0v) is 25.2. The van der Waals surface area contributed by atoms with Crippen molar-refractivity contribution in [2.45, 2.75) is 82.4 Å². The first kappa shape index (κ1) is 29.7. The Morgan fingerprint density at radius 2 is 1.12 bits per heavy atom. The third kappa shape index (κ3) is 6.90. The molecule has 0 spiro atoms. The van der Waals surface area contributed by atoms with E-state index in [9.17, 15) is 9.59 Å². The van der Waals surface area contributed by atoms with E-state index in [1.165, 1.54) is 0 Å². The number of rotatable bonds is 7. The van der Waals surface area contributed by atoms with Gasteiger partial charge in [0, 0.05) is 11.8 Å². The van der Waals surface area contributed by atoms with Crippen LogP contribution in [0.1, 0.15) is 71.1 Å². The van der Waals surface area contributed by atoms with Crippen LogP contribution in [-0.4, -0.2) is 46.0 Å². The standard InChI is InChI=1S/C34H41NO4S/c1-32(2,3)38-30(36)29-23-22-28(35(29)31(37)39-33(4,5)6)24-40-34(25-16-10-7-11-17-25,26-18-12-8-13-19-26)27-20-14-9-15-21-27/h7-21,28-29H,22-24H2,1-6H3/t28?,29-/m0/s1. The molecule has 3 aromatic carbocycles. The Balaban J connectivity index is 1.74. The minimum atomic E-state index is -0.683. The summed E-state index contributed by atoms with van der Waals surface area (Å²) in [6.45, 7) is 11.1. The minimum Gasteiger partial charge on any atom is -0.458 e. The summed E-state index contributed by atoms with van der Waals surface area (Å²) >= 11 is 1.79. The van der Waals surface area contributed by atoms with Gasteiger partial charge in [-0.15, -0.1) is 11.8 Å². The maximum Gasteiger partial charge on any atom is 0.411 e. The van der Waals surface area contributed by atoms with Gasteiger partial charge in [0.2, 0.25) is 0 Å². The van der Waals surface area contributed by atoms with Gasteiger partial charge in [-0.25, -0.2) is 9.59 Å². The topological polar surface area (TPSA) is 55.8 Å². The summed E-state index contributed by atoms with van der Waals surface area (Å²) in [7, 11) is 0. The largest absolute Gasteiger partial charge is 0.458 e. The Labute approximate surface area is 243 Å². The molecule has 3 aromatic rings. The fourth-order valence-electron chi connectivity index (χ4n) is 5.23. The van der Waals surface area contributed by atoms with Crippen LogP contribution in [0.3, 0.4) is 0 Å². The van der Waals surface area contributed by atoms with Crippen molar-refractivity contribution in [3.63, 3.8) is 0 Å². The molecular weight excluding hydrogens is 518 g/mol. The van der Waals surface area contributed by atoms with Crippen LogP contribution in [0.2, 0.25) is 0 Å². The van der Waals surface area contributed by atoms with Gasteiger partial charge in [-0.2, -0.15) is 0 Å². The Kier molecular flexibility index (Phi) is 8.99. The summed E-state index contributed by atoms with van der Waals surface area (Å²) in [5.41, 5.74) is 2.14. The van der Waals surface area contributed by atoms with Crippen molar-refractivity contribution in [2.75, 3.05) is 5.75 Å². The van der Waals surface area contributed by atoms with Crippen molar-refractivity contribution in [1.82, 2.24) is 4.90 Å². The molecule has 1 aliphatic heterocycles. The molecule has 4 rings (SSSR count). The van der Waals surface area contributed by atoms with Gasteiger partial charge in [-0.05, 0) is 71.1 Å². The van der Waals surface area contributed by atoms with Crippen molar-refractivity contribution >= 4 is 23.8 Å². The van der Waals surface area contributed by atoms with Gasteiger partial charge in [-0.3, -0.25) is 4.90 Å². The van der Waals surface area contributed by atoms with Crippen LogP contribution in [0, 0.1) is 0 Å². The van der Waals surface area contributed by atoms with Crippen LogP contribution in [0.5, 0.6) is 0 Å². The normalized spacial score (nSPS) is 17.9. The number of amides is 1. The molecule has 6 heteroatoms. The number of carbonyl (C=O) groups is 2. The van der Waals surface area contributed by atoms with Gasteiger partial charge in [0.15, 0.2) is 0 Å². The fraction of sp³-hybridized carbons (Fsp3) is 0.412. The summed E-state index contributed by atoms with van der Waals surface area (Å²) in [6, 6.07) is 30.6. The van der Waals surface area contributed by atoms with E-state index in [0.29, 0.717) is 18.6 Å². The average molecular weight is 560 g/mol. The lowest BCUT2D eigenvalue weighted by Crippen LogP contribution is -2.49. The number of thioether (sulfide) groups is 1. The lowest BCUT2D eigenvalue weighted by atomic mass is 9.84. The molecule has 0 aromatic heterocycles. The highest BCUT2D eigenvalue weighted by molar-refractivity contribution is 8.00. The second kappa shape index (κ2) is 12.1. The van der Waals surface area contributed by atoms with E-state index in [1.807, 2.05) is 59.7 Å². The molecule has 1 unspecified atom stereocenters. The number of benzene rings is 3. The van der Waals surface area contributed by atoms with Gasteiger partial charge < -0.3 is 9.47 Å². The molecule has 1 aliphatic rings. The summed E-state index contributed by atoms with van der Waals surface area (Å²) < 4.78 is 11.0. The SMILES string of the molecule is CC(C)(C)OC(=O)[C@@H]1CCC(CSC(c2ccccc2)(c2ccccc2)c2ccccc2)N1C(=O)OC(C)(C)C. The van der Waals surface area contributed by atoms with E-state index in [-0.39, 0.29) is 12.0 Å². The molecule has 212 valence electrons. The van der Waals surface area contributed by atoms with Crippen LogP contribution in [0.15, 0.2) is 91.0 Å². The van der Waals surface area contributed by atoms with Crippen molar-refractivity contribution in [3.05, 3.63) is 108 Å². The Morgan fingerprint density at radius 3 is 1.52 bits per heavy atom. The number of nitrogens with zero attached hydrogens (tertiary/aromatic N) is 1. The quantitative estimate of drug-likeness (QED) is 0.218. The first-order valence-corrected chi connectivity index (χ1v) is 14.9.